The lowest BCUT2D eigenvalue weighted by Gasteiger charge is -2.45. The average Bonchev–Trinajstić information content (AvgIpc) is 3.30. The number of hydrogen-bond acceptors (Lipinski definition) is 6. The second-order valence-electron chi connectivity index (χ2n) is 10.1. The number of nitrogens with zero attached hydrogens (tertiary/aromatic N) is 2. The van der Waals surface area contributed by atoms with Gasteiger partial charge in [-0.25, -0.2) is 0 Å². The Bertz CT molecular complexity index is 1100. The number of carbonyl (C=O) groups excluding carboxylic acids is 3. The summed E-state index contributed by atoms with van der Waals surface area (Å²) in [7, 11) is 1.86. The molecule has 8 nitrogen and oxygen atoms in total. The van der Waals surface area contributed by atoms with Crippen molar-refractivity contribution in [1.82, 2.24) is 9.80 Å². The Morgan fingerprint density at radius 3 is 2.37 bits per heavy atom. The van der Waals surface area contributed by atoms with Crippen molar-refractivity contribution < 1.29 is 19.5 Å². The second-order valence-corrected chi connectivity index (χ2v) is 11.5. The largest absolute Gasteiger partial charge is 0.395 e. The van der Waals surface area contributed by atoms with Gasteiger partial charge in [-0.3, -0.25) is 14.4 Å². The van der Waals surface area contributed by atoms with Gasteiger partial charge in [-0.05, 0) is 43.9 Å². The molecular weight excluding hydrogens is 524 g/mol. The number of aliphatic hydroxyl groups excluding tert-OH is 1. The van der Waals surface area contributed by atoms with E-state index in [9.17, 15) is 14.4 Å². The molecule has 38 heavy (non-hydrogen) atoms. The van der Waals surface area contributed by atoms with Gasteiger partial charge in [-0.2, -0.15) is 0 Å². The molecule has 2 heterocycles. The average molecular weight is 567 g/mol. The molecule has 0 atom stereocenters. The van der Waals surface area contributed by atoms with E-state index in [4.69, 9.17) is 16.7 Å². The summed E-state index contributed by atoms with van der Waals surface area (Å²) < 4.78 is 0. The fraction of sp³-hybridized carbons (Fsp3) is 0.536. The van der Waals surface area contributed by atoms with Crippen LogP contribution in [0.1, 0.15) is 69.3 Å². The first-order valence-corrected chi connectivity index (χ1v) is 14.0. The van der Waals surface area contributed by atoms with Crippen molar-refractivity contribution in [3.63, 3.8) is 0 Å². The number of anilines is 2. The minimum Gasteiger partial charge on any atom is -0.395 e. The second kappa shape index (κ2) is 14.5. The monoisotopic (exact) mass is 566 g/mol. The quantitative estimate of drug-likeness (QED) is 0.407. The van der Waals surface area contributed by atoms with Crippen molar-refractivity contribution >= 4 is 51.9 Å². The highest BCUT2D eigenvalue weighted by Crippen LogP contribution is 2.37. The third kappa shape index (κ3) is 7.94. The molecule has 0 bridgehead atoms. The van der Waals surface area contributed by atoms with E-state index in [-0.39, 0.29) is 30.4 Å². The molecule has 2 aromatic rings. The fourth-order valence-electron chi connectivity index (χ4n) is 3.86. The maximum absolute atomic E-state index is 13.2. The van der Waals surface area contributed by atoms with Crippen molar-refractivity contribution in [2.45, 2.75) is 66.3 Å². The van der Waals surface area contributed by atoms with Crippen molar-refractivity contribution in [2.75, 3.05) is 43.9 Å². The molecule has 1 aliphatic heterocycles. The van der Waals surface area contributed by atoms with Crippen molar-refractivity contribution in [3.8, 4) is 0 Å². The van der Waals surface area contributed by atoms with Gasteiger partial charge in [-0.1, -0.05) is 58.4 Å². The molecule has 1 saturated heterocycles. The van der Waals surface area contributed by atoms with Crippen molar-refractivity contribution in [3.05, 3.63) is 45.3 Å². The summed E-state index contributed by atoms with van der Waals surface area (Å²) in [6.45, 7) is 16.4. The predicted molar refractivity (Wildman–Crippen MR) is 159 cm³/mol. The van der Waals surface area contributed by atoms with Gasteiger partial charge < -0.3 is 25.5 Å². The van der Waals surface area contributed by atoms with Crippen LogP contribution in [0.5, 0.6) is 0 Å². The van der Waals surface area contributed by atoms with Crippen molar-refractivity contribution in [1.29, 1.82) is 0 Å². The number of amides is 3. The van der Waals surface area contributed by atoms with Gasteiger partial charge in [0.1, 0.15) is 10.5 Å². The van der Waals surface area contributed by atoms with E-state index in [1.807, 2.05) is 66.8 Å². The van der Waals surface area contributed by atoms with Crippen LogP contribution in [0.15, 0.2) is 24.3 Å². The Kier molecular flexibility index (Phi) is 12.8. The maximum Gasteiger partial charge on any atom is 0.257 e. The van der Waals surface area contributed by atoms with Gasteiger partial charge in [-0.15, -0.1) is 11.3 Å². The predicted octanol–water partition coefficient (Wildman–Crippen LogP) is 5.39. The zero-order valence-electron chi connectivity index (χ0n) is 24.1. The molecule has 3 rings (SSSR count). The minimum atomic E-state index is -1.02. The highest BCUT2D eigenvalue weighted by molar-refractivity contribution is 7.16. The summed E-state index contributed by atoms with van der Waals surface area (Å²) in [4.78, 5) is 41.0. The number of β-amino-alcohol motifs (C(OH)–C–C–N with tert-alkyl or cyclic N) is 1. The molecule has 1 fully saturated rings. The van der Waals surface area contributed by atoms with Crippen LogP contribution in [0, 0.1) is 6.92 Å². The van der Waals surface area contributed by atoms with Gasteiger partial charge in [0.2, 0.25) is 12.3 Å². The van der Waals surface area contributed by atoms with E-state index in [0.717, 1.165) is 21.2 Å². The molecule has 0 spiro atoms. The number of benzene rings is 1. The van der Waals surface area contributed by atoms with Crippen LogP contribution >= 0.6 is 22.9 Å². The zero-order chi connectivity index (χ0) is 29.3. The van der Waals surface area contributed by atoms with Gasteiger partial charge in [0.25, 0.3) is 5.91 Å². The first-order chi connectivity index (χ1) is 17.8. The van der Waals surface area contributed by atoms with Crippen LogP contribution in [0.4, 0.5) is 10.7 Å². The van der Waals surface area contributed by atoms with E-state index in [1.165, 1.54) is 11.3 Å². The molecule has 3 amide bonds. The Morgan fingerprint density at radius 2 is 1.87 bits per heavy atom. The van der Waals surface area contributed by atoms with E-state index in [2.05, 4.69) is 10.6 Å². The molecule has 0 radical (unpaired) electrons. The van der Waals surface area contributed by atoms with Gasteiger partial charge in [0, 0.05) is 31.6 Å². The smallest absolute Gasteiger partial charge is 0.257 e. The molecule has 212 valence electrons. The molecule has 0 aliphatic carbocycles. The Hall–Kier alpha value is -2.62. The third-order valence-electron chi connectivity index (χ3n) is 6.05. The highest BCUT2D eigenvalue weighted by atomic mass is 35.5. The summed E-state index contributed by atoms with van der Waals surface area (Å²) >= 11 is 7.31. The van der Waals surface area contributed by atoms with E-state index in [0.29, 0.717) is 30.1 Å². The summed E-state index contributed by atoms with van der Waals surface area (Å²) in [5, 5.41) is 16.0. The van der Waals surface area contributed by atoms with Crippen LogP contribution < -0.4 is 10.6 Å². The topological polar surface area (TPSA) is 102 Å². The summed E-state index contributed by atoms with van der Waals surface area (Å²) in [5.41, 5.74) is 1.32. The number of nitrogens with one attached hydrogen (secondary N) is 2. The van der Waals surface area contributed by atoms with E-state index in [1.54, 1.807) is 29.7 Å². The maximum atomic E-state index is 13.2. The van der Waals surface area contributed by atoms with Gasteiger partial charge in [0.05, 0.1) is 22.9 Å². The van der Waals surface area contributed by atoms with E-state index >= 15 is 0 Å². The van der Waals surface area contributed by atoms with Gasteiger partial charge in [0.15, 0.2) is 0 Å². The number of piperazine rings is 1. The SMILES string of the molecule is CC.CC(C)(C)c1cc(C(=O)N2CCN(CCO)C(=O)C2(C)C)c(NC=O)s1.CNc1cccc(C)c1Cl. The minimum absolute atomic E-state index is 0.108. The van der Waals surface area contributed by atoms with Crippen LogP contribution in [-0.2, 0) is 15.0 Å². The number of hydrogen-bond donors (Lipinski definition) is 3. The summed E-state index contributed by atoms with van der Waals surface area (Å²) in [6, 6.07) is 7.73. The molecule has 0 unspecified atom stereocenters. The molecule has 10 heteroatoms. The lowest BCUT2D eigenvalue weighted by molar-refractivity contribution is -0.146. The fourth-order valence-corrected chi connectivity index (χ4v) is 5.15. The van der Waals surface area contributed by atoms with Crippen LogP contribution in [0.25, 0.3) is 0 Å². The Morgan fingerprint density at radius 1 is 1.24 bits per heavy atom. The number of thiophene rings is 1. The number of aliphatic hydroxyl groups is 1. The van der Waals surface area contributed by atoms with Crippen LogP contribution in [0.2, 0.25) is 5.02 Å². The first kappa shape index (κ1) is 33.4. The lowest BCUT2D eigenvalue weighted by atomic mass is 9.93. The number of rotatable bonds is 6. The molecule has 0 saturated carbocycles. The Labute approximate surface area is 236 Å². The van der Waals surface area contributed by atoms with Crippen LogP contribution in [-0.4, -0.2) is 72.0 Å². The number of halogens is 1. The lowest BCUT2D eigenvalue weighted by Crippen LogP contribution is -2.64. The molecule has 1 aliphatic rings. The van der Waals surface area contributed by atoms with E-state index < -0.39 is 5.54 Å². The Balaban J connectivity index is 0.000000501. The molecular formula is C28H43ClN4O4S. The van der Waals surface area contributed by atoms with Crippen LogP contribution in [0.3, 0.4) is 0 Å². The number of carbonyl (C=O) groups is 3. The third-order valence-corrected chi connectivity index (χ3v) is 8.04. The van der Waals surface area contributed by atoms with Crippen molar-refractivity contribution in [2.24, 2.45) is 0 Å². The highest BCUT2D eigenvalue weighted by Gasteiger charge is 2.45. The standard InChI is InChI=1S/C18H27N3O4S.C8H10ClN.C2H6/c1-17(2,3)13-10-12(14(26-13)19-11-23)15(24)21-7-6-20(8-9-22)16(25)18(21,4)5;1-6-4-3-5-7(10-2)8(6)9;1-2/h10-11,22H,6-9H2,1-5H3,(H,19,23);3-5,10H,1-2H3;1-2H3. The zero-order valence-corrected chi connectivity index (χ0v) is 25.6. The summed E-state index contributed by atoms with van der Waals surface area (Å²) in [5.74, 6) is -0.467. The first-order valence-electron chi connectivity index (χ1n) is 12.8. The normalized spacial score (nSPS) is 14.6. The summed E-state index contributed by atoms with van der Waals surface area (Å²) in [6.07, 6.45) is 0.560. The molecule has 3 N–H and O–H groups in total. The molecule has 1 aromatic heterocycles. The van der Waals surface area contributed by atoms with Gasteiger partial charge >= 0.3 is 0 Å². The molecule has 1 aromatic carbocycles. The number of aryl methyl sites for hydroxylation is 1.